The summed E-state index contributed by atoms with van der Waals surface area (Å²) in [6.07, 6.45) is 6.37. The monoisotopic (exact) mass is 124 g/mol. The van der Waals surface area contributed by atoms with Crippen molar-refractivity contribution in [2.45, 2.75) is 19.8 Å². The van der Waals surface area contributed by atoms with Crippen LogP contribution in [0.15, 0.2) is 23.5 Å². The van der Waals surface area contributed by atoms with E-state index in [0.717, 1.165) is 18.6 Å². The van der Waals surface area contributed by atoms with Crippen molar-refractivity contribution in [3.63, 3.8) is 0 Å². The number of allylic oxidation sites excluding steroid dienone is 3. The van der Waals surface area contributed by atoms with Crippen molar-refractivity contribution in [1.29, 1.82) is 0 Å². The highest BCUT2D eigenvalue weighted by atomic mass is 16.5. The minimum Gasteiger partial charge on any atom is -0.501 e. The van der Waals surface area contributed by atoms with Gasteiger partial charge in [-0.05, 0) is 19.4 Å². The third kappa shape index (κ3) is 1.60. The van der Waals surface area contributed by atoms with E-state index in [1.54, 1.807) is 7.11 Å². The molecule has 0 aromatic carbocycles. The van der Waals surface area contributed by atoms with Gasteiger partial charge in [0.1, 0.15) is 0 Å². The standard InChI is InChI=1S/C8H12O/c1-7-3-5-8(9-2)6-4-7/h3,6H,4-5H2,1-2H3. The highest BCUT2D eigenvalue weighted by Gasteiger charge is 1.99. The summed E-state index contributed by atoms with van der Waals surface area (Å²) in [4.78, 5) is 0. The van der Waals surface area contributed by atoms with E-state index in [0.29, 0.717) is 0 Å². The second-order valence-corrected chi connectivity index (χ2v) is 2.33. The van der Waals surface area contributed by atoms with E-state index < -0.39 is 0 Å². The van der Waals surface area contributed by atoms with Gasteiger partial charge in [-0.2, -0.15) is 0 Å². The molecule has 0 fully saturated rings. The maximum Gasteiger partial charge on any atom is 0.0956 e. The third-order valence-corrected chi connectivity index (χ3v) is 1.57. The van der Waals surface area contributed by atoms with E-state index >= 15 is 0 Å². The van der Waals surface area contributed by atoms with Crippen LogP contribution in [0, 0.1) is 0 Å². The van der Waals surface area contributed by atoms with E-state index in [4.69, 9.17) is 4.74 Å². The number of hydrogen-bond donors (Lipinski definition) is 0. The van der Waals surface area contributed by atoms with Gasteiger partial charge in [-0.25, -0.2) is 0 Å². The first kappa shape index (κ1) is 6.40. The lowest BCUT2D eigenvalue weighted by molar-refractivity contribution is 0.282. The highest BCUT2D eigenvalue weighted by Crippen LogP contribution is 2.16. The van der Waals surface area contributed by atoms with Crippen molar-refractivity contribution in [3.05, 3.63) is 23.5 Å². The predicted molar refractivity (Wildman–Crippen MR) is 38.1 cm³/mol. The summed E-state index contributed by atoms with van der Waals surface area (Å²) in [6.45, 7) is 2.14. The Morgan fingerprint density at radius 3 is 2.56 bits per heavy atom. The molecular weight excluding hydrogens is 112 g/mol. The van der Waals surface area contributed by atoms with Crippen LogP contribution in [0.5, 0.6) is 0 Å². The molecule has 0 bridgehead atoms. The molecule has 0 aromatic heterocycles. The maximum absolute atomic E-state index is 5.06. The van der Waals surface area contributed by atoms with Crippen LogP contribution in [-0.4, -0.2) is 7.11 Å². The lowest BCUT2D eigenvalue weighted by atomic mass is 10.1. The van der Waals surface area contributed by atoms with Crippen LogP contribution in [0.3, 0.4) is 0 Å². The summed E-state index contributed by atoms with van der Waals surface area (Å²) in [5.41, 5.74) is 1.44. The molecule has 0 saturated carbocycles. The molecule has 1 rings (SSSR count). The van der Waals surface area contributed by atoms with E-state index in [1.165, 1.54) is 5.57 Å². The van der Waals surface area contributed by atoms with Gasteiger partial charge in [0, 0.05) is 6.42 Å². The molecule has 1 nitrogen and oxygen atoms in total. The largest absolute Gasteiger partial charge is 0.501 e. The summed E-state index contributed by atoms with van der Waals surface area (Å²) >= 11 is 0. The zero-order valence-corrected chi connectivity index (χ0v) is 5.98. The Bertz CT molecular complexity index is 154. The molecule has 0 N–H and O–H groups in total. The van der Waals surface area contributed by atoms with Gasteiger partial charge in [-0.1, -0.05) is 11.6 Å². The molecular formula is C8H12O. The molecule has 0 saturated heterocycles. The van der Waals surface area contributed by atoms with Gasteiger partial charge in [-0.15, -0.1) is 0 Å². The van der Waals surface area contributed by atoms with Gasteiger partial charge in [0.25, 0.3) is 0 Å². The van der Waals surface area contributed by atoms with Crippen LogP contribution in [0.25, 0.3) is 0 Å². The quantitative estimate of drug-likeness (QED) is 0.487. The van der Waals surface area contributed by atoms with Crippen LogP contribution >= 0.6 is 0 Å². The fourth-order valence-corrected chi connectivity index (χ4v) is 0.883. The Balaban J connectivity index is 2.48. The zero-order chi connectivity index (χ0) is 6.69. The molecule has 1 aliphatic rings. The predicted octanol–water partition coefficient (Wildman–Crippen LogP) is 2.26. The van der Waals surface area contributed by atoms with Crippen LogP contribution in [0.4, 0.5) is 0 Å². The van der Waals surface area contributed by atoms with Gasteiger partial charge < -0.3 is 4.74 Å². The molecule has 0 spiro atoms. The van der Waals surface area contributed by atoms with Gasteiger partial charge in [-0.3, -0.25) is 0 Å². The lowest BCUT2D eigenvalue weighted by Gasteiger charge is -2.08. The molecule has 0 atom stereocenters. The summed E-state index contributed by atoms with van der Waals surface area (Å²) in [7, 11) is 1.72. The minimum atomic E-state index is 0.975. The Hall–Kier alpha value is -0.720. The van der Waals surface area contributed by atoms with Gasteiger partial charge in [0.2, 0.25) is 0 Å². The second kappa shape index (κ2) is 2.72. The average Bonchev–Trinajstić information content (AvgIpc) is 1.90. The van der Waals surface area contributed by atoms with Crippen molar-refractivity contribution in [2.75, 3.05) is 7.11 Å². The zero-order valence-electron chi connectivity index (χ0n) is 5.98. The van der Waals surface area contributed by atoms with Gasteiger partial charge in [0.15, 0.2) is 0 Å². The maximum atomic E-state index is 5.06. The van der Waals surface area contributed by atoms with Crippen molar-refractivity contribution in [3.8, 4) is 0 Å². The molecule has 50 valence electrons. The smallest absolute Gasteiger partial charge is 0.0956 e. The van der Waals surface area contributed by atoms with E-state index in [2.05, 4.69) is 19.1 Å². The van der Waals surface area contributed by atoms with Gasteiger partial charge in [0.05, 0.1) is 12.9 Å². The molecule has 0 unspecified atom stereocenters. The average molecular weight is 124 g/mol. The van der Waals surface area contributed by atoms with Crippen LogP contribution < -0.4 is 0 Å². The highest BCUT2D eigenvalue weighted by molar-refractivity contribution is 5.16. The van der Waals surface area contributed by atoms with Crippen molar-refractivity contribution in [2.24, 2.45) is 0 Å². The van der Waals surface area contributed by atoms with E-state index in [-0.39, 0.29) is 0 Å². The molecule has 0 aliphatic heterocycles. The summed E-state index contributed by atoms with van der Waals surface area (Å²) in [5.74, 6) is 1.10. The van der Waals surface area contributed by atoms with Crippen molar-refractivity contribution < 1.29 is 4.74 Å². The SMILES string of the molecule is COC1=CCC(C)=CC1. The van der Waals surface area contributed by atoms with Crippen molar-refractivity contribution >= 4 is 0 Å². The normalized spacial score (nSPS) is 18.4. The Morgan fingerprint density at radius 1 is 1.33 bits per heavy atom. The van der Waals surface area contributed by atoms with Gasteiger partial charge >= 0.3 is 0 Å². The summed E-state index contributed by atoms with van der Waals surface area (Å²) < 4.78 is 5.06. The first-order valence-electron chi connectivity index (χ1n) is 3.21. The fraction of sp³-hybridized carbons (Fsp3) is 0.500. The minimum absolute atomic E-state index is 0.975. The molecule has 1 aliphatic carbocycles. The molecule has 9 heavy (non-hydrogen) atoms. The van der Waals surface area contributed by atoms with Crippen LogP contribution in [0.2, 0.25) is 0 Å². The summed E-state index contributed by atoms with van der Waals surface area (Å²) in [6, 6.07) is 0. The lowest BCUT2D eigenvalue weighted by Crippen LogP contribution is -1.91. The van der Waals surface area contributed by atoms with Crippen LogP contribution in [0.1, 0.15) is 19.8 Å². The molecule has 0 heterocycles. The van der Waals surface area contributed by atoms with Crippen LogP contribution in [-0.2, 0) is 4.74 Å². The molecule has 1 heteroatoms. The third-order valence-electron chi connectivity index (χ3n) is 1.57. The summed E-state index contributed by atoms with van der Waals surface area (Å²) in [5, 5.41) is 0. The Kier molecular flexibility index (Phi) is 1.93. The topological polar surface area (TPSA) is 9.23 Å². The fourth-order valence-electron chi connectivity index (χ4n) is 0.883. The first-order chi connectivity index (χ1) is 4.33. The molecule has 0 radical (unpaired) electrons. The van der Waals surface area contributed by atoms with Crippen molar-refractivity contribution in [1.82, 2.24) is 0 Å². The Labute approximate surface area is 56.0 Å². The number of hydrogen-bond acceptors (Lipinski definition) is 1. The van der Waals surface area contributed by atoms with E-state index in [9.17, 15) is 0 Å². The molecule has 0 amide bonds. The van der Waals surface area contributed by atoms with E-state index in [1.807, 2.05) is 0 Å². The first-order valence-corrected chi connectivity index (χ1v) is 3.21. The Morgan fingerprint density at radius 2 is 2.11 bits per heavy atom. The number of ether oxygens (including phenoxy) is 1. The molecule has 0 aromatic rings. The number of methoxy groups -OCH3 is 1. The second-order valence-electron chi connectivity index (χ2n) is 2.33. The number of rotatable bonds is 1.